The van der Waals surface area contributed by atoms with Crippen LogP contribution in [0.1, 0.15) is 21.6 Å². The lowest BCUT2D eigenvalue weighted by Gasteiger charge is -2.10. The summed E-state index contributed by atoms with van der Waals surface area (Å²) in [6.45, 7) is 0. The van der Waals surface area contributed by atoms with Gasteiger partial charge in [-0.05, 0) is 35.9 Å². The van der Waals surface area contributed by atoms with E-state index in [0.29, 0.717) is 22.0 Å². The molecule has 6 heteroatoms. The number of nitrogens with zero attached hydrogens (tertiary/aromatic N) is 2. The topological polar surface area (TPSA) is 60.9 Å². The Morgan fingerprint density at radius 3 is 2.77 bits per heavy atom. The monoisotopic (exact) mass is 333 g/mol. The maximum absolute atomic E-state index is 11.4. The number of hydrogen-bond acceptors (Lipinski definition) is 2. The molecule has 0 fully saturated rings. The summed E-state index contributed by atoms with van der Waals surface area (Å²) < 4.78 is 1.99. The van der Waals surface area contributed by atoms with Crippen LogP contribution in [-0.2, 0) is 13.5 Å². The number of fused-ring (bicyclic) bond motifs is 1. The second kappa shape index (κ2) is 5.63. The molecule has 1 aromatic carbocycles. The van der Waals surface area contributed by atoms with Gasteiger partial charge in [0.1, 0.15) is 5.65 Å². The van der Waals surface area contributed by atoms with Crippen molar-refractivity contribution in [3.05, 3.63) is 63.4 Å². The largest absolute Gasteiger partial charge is 0.366 e. The van der Waals surface area contributed by atoms with Crippen LogP contribution in [0.25, 0.3) is 11.0 Å². The van der Waals surface area contributed by atoms with Gasteiger partial charge in [-0.2, -0.15) is 0 Å². The molecule has 112 valence electrons. The molecule has 0 saturated carbocycles. The Hall–Kier alpha value is -2.04. The molecule has 2 heterocycles. The van der Waals surface area contributed by atoms with Crippen molar-refractivity contribution in [3.63, 3.8) is 0 Å². The Morgan fingerprint density at radius 2 is 2.09 bits per heavy atom. The normalized spacial score (nSPS) is 11.0. The summed E-state index contributed by atoms with van der Waals surface area (Å²) >= 11 is 12.5. The molecule has 0 aliphatic carbocycles. The van der Waals surface area contributed by atoms with E-state index in [1.54, 1.807) is 18.3 Å². The zero-order valence-corrected chi connectivity index (χ0v) is 13.3. The second-order valence-electron chi connectivity index (χ2n) is 5.04. The van der Waals surface area contributed by atoms with Crippen LogP contribution in [0.15, 0.2) is 36.5 Å². The van der Waals surface area contributed by atoms with E-state index < -0.39 is 5.91 Å². The van der Waals surface area contributed by atoms with Crippen LogP contribution >= 0.6 is 23.2 Å². The second-order valence-corrected chi connectivity index (χ2v) is 5.82. The fourth-order valence-corrected chi connectivity index (χ4v) is 3.11. The Balaban J connectivity index is 2.10. The number of aryl methyl sites for hydroxylation is 1. The lowest BCUT2D eigenvalue weighted by atomic mass is 10.1. The highest BCUT2D eigenvalue weighted by Gasteiger charge is 2.16. The van der Waals surface area contributed by atoms with Gasteiger partial charge in [-0.3, -0.25) is 4.79 Å². The molecule has 0 saturated heterocycles. The number of hydrogen-bond donors (Lipinski definition) is 1. The van der Waals surface area contributed by atoms with E-state index in [1.165, 1.54) is 0 Å². The van der Waals surface area contributed by atoms with Gasteiger partial charge in [-0.1, -0.05) is 23.2 Å². The van der Waals surface area contributed by atoms with E-state index in [1.807, 2.05) is 29.8 Å². The molecule has 0 unspecified atom stereocenters. The van der Waals surface area contributed by atoms with E-state index >= 15 is 0 Å². The average molecular weight is 334 g/mol. The average Bonchev–Trinajstić information content (AvgIpc) is 2.80. The van der Waals surface area contributed by atoms with E-state index in [9.17, 15) is 4.79 Å². The summed E-state index contributed by atoms with van der Waals surface area (Å²) in [6.07, 6.45) is 2.24. The Kier molecular flexibility index (Phi) is 3.81. The molecule has 3 rings (SSSR count). The Morgan fingerprint density at radius 1 is 1.32 bits per heavy atom. The minimum absolute atomic E-state index is 0.276. The van der Waals surface area contributed by atoms with Crippen molar-refractivity contribution in [2.75, 3.05) is 0 Å². The summed E-state index contributed by atoms with van der Waals surface area (Å²) in [7, 11) is 1.93. The number of aromatic nitrogens is 2. The number of carbonyl (C=O) groups excluding carboxylic acids is 1. The molecule has 0 aliphatic heterocycles. The smallest absolute Gasteiger partial charge is 0.250 e. The van der Waals surface area contributed by atoms with Gasteiger partial charge in [0.15, 0.2) is 0 Å². The molecule has 2 aromatic heterocycles. The SMILES string of the molecule is Cn1c(Cc2c(Cl)ccc(C(N)=O)c2Cl)cc2cccnc21. The quantitative estimate of drug-likeness (QED) is 0.796. The fourth-order valence-electron chi connectivity index (χ4n) is 2.52. The van der Waals surface area contributed by atoms with Gasteiger partial charge in [0, 0.05) is 35.8 Å². The van der Waals surface area contributed by atoms with Crippen LogP contribution in [-0.4, -0.2) is 15.5 Å². The van der Waals surface area contributed by atoms with Crippen molar-refractivity contribution in [2.45, 2.75) is 6.42 Å². The molecule has 0 spiro atoms. The summed E-state index contributed by atoms with van der Waals surface area (Å²) in [5, 5.41) is 1.85. The van der Waals surface area contributed by atoms with Crippen molar-refractivity contribution < 1.29 is 4.79 Å². The van der Waals surface area contributed by atoms with E-state index in [0.717, 1.165) is 16.7 Å². The Labute approximate surface area is 137 Å². The van der Waals surface area contributed by atoms with Gasteiger partial charge in [0.05, 0.1) is 10.6 Å². The number of nitrogens with two attached hydrogens (primary N) is 1. The summed E-state index contributed by atoms with van der Waals surface area (Å²) in [6, 6.07) is 9.10. The zero-order chi connectivity index (χ0) is 15.9. The van der Waals surface area contributed by atoms with Crippen LogP contribution in [0, 0.1) is 0 Å². The molecule has 1 amide bonds. The summed E-state index contributed by atoms with van der Waals surface area (Å²) in [4.78, 5) is 15.8. The summed E-state index contributed by atoms with van der Waals surface area (Å²) in [5.41, 5.74) is 8.18. The molecule has 3 aromatic rings. The van der Waals surface area contributed by atoms with Gasteiger partial charge in [-0.25, -0.2) is 4.98 Å². The standard InChI is InChI=1S/C16H13Cl2N3O/c1-21-10(7-9-3-2-6-20-16(9)21)8-12-13(17)5-4-11(14(12)18)15(19)22/h2-7H,8H2,1H3,(H2,19,22). The van der Waals surface area contributed by atoms with Crippen molar-refractivity contribution in [3.8, 4) is 0 Å². The number of pyridine rings is 1. The number of benzene rings is 1. The molecular formula is C16H13Cl2N3O. The van der Waals surface area contributed by atoms with Gasteiger partial charge >= 0.3 is 0 Å². The Bertz CT molecular complexity index is 886. The number of amides is 1. The zero-order valence-electron chi connectivity index (χ0n) is 11.8. The first-order chi connectivity index (χ1) is 10.5. The number of primary amides is 1. The van der Waals surface area contributed by atoms with Gasteiger partial charge in [-0.15, -0.1) is 0 Å². The number of rotatable bonds is 3. The van der Waals surface area contributed by atoms with Crippen LogP contribution < -0.4 is 5.73 Å². The minimum atomic E-state index is -0.568. The molecular weight excluding hydrogens is 321 g/mol. The maximum atomic E-state index is 11.4. The predicted octanol–water partition coefficient (Wildman–Crippen LogP) is 3.57. The fraction of sp³-hybridized carbons (Fsp3) is 0.125. The van der Waals surface area contributed by atoms with Crippen LogP contribution in [0.4, 0.5) is 0 Å². The van der Waals surface area contributed by atoms with Gasteiger partial charge in [0.2, 0.25) is 5.91 Å². The highest BCUT2D eigenvalue weighted by Crippen LogP contribution is 2.31. The van der Waals surface area contributed by atoms with Crippen LogP contribution in [0.3, 0.4) is 0 Å². The van der Waals surface area contributed by atoms with Crippen molar-refractivity contribution in [2.24, 2.45) is 12.8 Å². The predicted molar refractivity (Wildman–Crippen MR) is 88.5 cm³/mol. The van der Waals surface area contributed by atoms with Crippen LogP contribution in [0.5, 0.6) is 0 Å². The van der Waals surface area contributed by atoms with E-state index in [2.05, 4.69) is 4.98 Å². The van der Waals surface area contributed by atoms with Crippen molar-refractivity contribution >= 4 is 40.1 Å². The van der Waals surface area contributed by atoms with Crippen molar-refractivity contribution in [1.82, 2.24) is 9.55 Å². The lowest BCUT2D eigenvalue weighted by Crippen LogP contribution is -2.12. The van der Waals surface area contributed by atoms with E-state index in [-0.39, 0.29) is 5.56 Å². The third-order valence-corrected chi connectivity index (χ3v) is 4.48. The first-order valence-electron chi connectivity index (χ1n) is 6.65. The lowest BCUT2D eigenvalue weighted by molar-refractivity contribution is 0.100. The molecule has 22 heavy (non-hydrogen) atoms. The molecule has 2 N–H and O–H groups in total. The molecule has 4 nitrogen and oxygen atoms in total. The number of halogens is 2. The molecule has 0 bridgehead atoms. The highest BCUT2D eigenvalue weighted by atomic mass is 35.5. The summed E-state index contributed by atoms with van der Waals surface area (Å²) in [5.74, 6) is -0.568. The van der Waals surface area contributed by atoms with Gasteiger partial charge < -0.3 is 10.3 Å². The first-order valence-corrected chi connectivity index (χ1v) is 7.40. The third kappa shape index (κ3) is 2.45. The molecule has 0 aliphatic rings. The van der Waals surface area contributed by atoms with E-state index in [4.69, 9.17) is 28.9 Å². The van der Waals surface area contributed by atoms with Gasteiger partial charge in [0.25, 0.3) is 0 Å². The third-order valence-electron chi connectivity index (χ3n) is 3.70. The minimum Gasteiger partial charge on any atom is -0.366 e. The molecule has 0 radical (unpaired) electrons. The maximum Gasteiger partial charge on any atom is 0.250 e. The first kappa shape index (κ1) is 14.9. The highest BCUT2D eigenvalue weighted by molar-refractivity contribution is 6.38. The van der Waals surface area contributed by atoms with Crippen molar-refractivity contribution in [1.29, 1.82) is 0 Å². The number of carbonyl (C=O) groups is 1. The van der Waals surface area contributed by atoms with Crippen LogP contribution in [0.2, 0.25) is 10.0 Å². The molecule has 0 atom stereocenters.